The van der Waals surface area contributed by atoms with Gasteiger partial charge in [-0.2, -0.15) is 0 Å². The van der Waals surface area contributed by atoms with E-state index in [-0.39, 0.29) is 11.2 Å². The van der Waals surface area contributed by atoms with Crippen LogP contribution in [0.1, 0.15) is 13.3 Å². The smallest absolute Gasteiger partial charge is 0.306 e. The van der Waals surface area contributed by atoms with Gasteiger partial charge in [-0.25, -0.2) is 0 Å². The Morgan fingerprint density at radius 2 is 2.44 bits per heavy atom. The Kier molecular flexibility index (Phi) is 5.09. The summed E-state index contributed by atoms with van der Waals surface area (Å²) in [5.41, 5.74) is 0. The monoisotopic (exact) mass is 166 g/mol. The lowest BCUT2D eigenvalue weighted by Gasteiger charge is -2.03. The molecule has 2 nitrogen and oxygen atoms in total. The summed E-state index contributed by atoms with van der Waals surface area (Å²) in [5.74, 6) is -0.177. The zero-order chi connectivity index (χ0) is 7.28. The predicted molar refractivity (Wildman–Crippen MR) is 42.7 cm³/mol. The van der Waals surface area contributed by atoms with Crippen molar-refractivity contribution in [3.05, 3.63) is 0 Å². The van der Waals surface area contributed by atoms with Crippen molar-refractivity contribution in [1.82, 2.24) is 0 Å². The number of rotatable bonds is 3. The maximum atomic E-state index is 10.5. The van der Waals surface area contributed by atoms with Gasteiger partial charge in [0.05, 0.1) is 13.5 Å². The number of methoxy groups -OCH3 is 1. The van der Waals surface area contributed by atoms with Gasteiger partial charge in [0.25, 0.3) is 0 Å². The van der Waals surface area contributed by atoms with Crippen LogP contribution in [0.4, 0.5) is 0 Å². The third-order valence-electron chi connectivity index (χ3n) is 0.862. The largest absolute Gasteiger partial charge is 0.469 e. The molecule has 0 aliphatic carbocycles. The fourth-order valence-corrected chi connectivity index (χ4v) is 0.790. The van der Waals surface area contributed by atoms with Crippen molar-refractivity contribution in [2.75, 3.05) is 7.11 Å². The summed E-state index contributed by atoms with van der Waals surface area (Å²) in [6, 6.07) is 0. The Morgan fingerprint density at radius 1 is 1.89 bits per heavy atom. The summed E-state index contributed by atoms with van der Waals surface area (Å²) in [5, 5.41) is 0.237. The van der Waals surface area contributed by atoms with Crippen molar-refractivity contribution in [1.29, 1.82) is 0 Å². The van der Waals surface area contributed by atoms with Gasteiger partial charge in [0.15, 0.2) is 0 Å². The zero-order valence-electron chi connectivity index (χ0n) is 5.46. The molecule has 0 bridgehead atoms. The molecule has 1 atom stereocenters. The first kappa shape index (κ1) is 9.17. The number of carbonyl (C=O) groups excluding carboxylic acids is 1. The van der Waals surface area contributed by atoms with E-state index in [1.807, 2.05) is 6.92 Å². The van der Waals surface area contributed by atoms with Crippen LogP contribution >= 0.6 is 22.5 Å². The Bertz CT molecular complexity index is 95.0. The van der Waals surface area contributed by atoms with E-state index in [2.05, 4.69) is 16.4 Å². The van der Waals surface area contributed by atoms with Crippen LogP contribution in [0.5, 0.6) is 0 Å². The molecular formula is C5H10O2S2. The van der Waals surface area contributed by atoms with Gasteiger partial charge in [0, 0.05) is 5.25 Å². The van der Waals surface area contributed by atoms with Crippen molar-refractivity contribution < 1.29 is 9.53 Å². The Balaban J connectivity index is 3.34. The molecule has 0 spiro atoms. The van der Waals surface area contributed by atoms with E-state index >= 15 is 0 Å². The van der Waals surface area contributed by atoms with E-state index in [1.165, 1.54) is 17.9 Å². The molecule has 0 rings (SSSR count). The van der Waals surface area contributed by atoms with E-state index in [4.69, 9.17) is 0 Å². The van der Waals surface area contributed by atoms with Gasteiger partial charge in [-0.05, 0) is 0 Å². The van der Waals surface area contributed by atoms with Gasteiger partial charge in [-0.15, -0.1) is 11.7 Å². The van der Waals surface area contributed by atoms with E-state index in [0.29, 0.717) is 6.42 Å². The molecule has 0 N–H and O–H groups in total. The van der Waals surface area contributed by atoms with Crippen molar-refractivity contribution in [2.24, 2.45) is 0 Å². The molecule has 54 valence electrons. The molecule has 0 aromatic carbocycles. The van der Waals surface area contributed by atoms with Crippen LogP contribution in [-0.2, 0) is 9.53 Å². The molecule has 4 heteroatoms. The Labute approximate surface area is 64.2 Å². The lowest BCUT2D eigenvalue weighted by molar-refractivity contribution is -0.140. The van der Waals surface area contributed by atoms with Gasteiger partial charge in [-0.1, -0.05) is 17.7 Å². The molecule has 0 aliphatic heterocycles. The highest BCUT2D eigenvalue weighted by Crippen LogP contribution is 2.17. The summed E-state index contributed by atoms with van der Waals surface area (Å²) >= 11 is 3.94. The van der Waals surface area contributed by atoms with Crippen molar-refractivity contribution in [2.45, 2.75) is 18.6 Å². The number of hydrogen-bond donors (Lipinski definition) is 1. The topological polar surface area (TPSA) is 26.3 Å². The number of thiol groups is 1. The van der Waals surface area contributed by atoms with Crippen molar-refractivity contribution in [3.8, 4) is 0 Å². The van der Waals surface area contributed by atoms with Gasteiger partial charge in [0.2, 0.25) is 0 Å². The van der Waals surface area contributed by atoms with E-state index in [9.17, 15) is 4.79 Å². The zero-order valence-corrected chi connectivity index (χ0v) is 7.17. The normalized spacial score (nSPS) is 12.8. The molecule has 0 heterocycles. The van der Waals surface area contributed by atoms with Crippen LogP contribution in [0.15, 0.2) is 0 Å². The quantitative estimate of drug-likeness (QED) is 0.391. The molecule has 0 aromatic rings. The van der Waals surface area contributed by atoms with Crippen LogP contribution in [0.25, 0.3) is 0 Å². The molecule has 0 fully saturated rings. The second-order valence-electron chi connectivity index (χ2n) is 1.70. The summed E-state index contributed by atoms with van der Waals surface area (Å²) in [6.45, 7) is 1.93. The summed E-state index contributed by atoms with van der Waals surface area (Å²) in [6.07, 6.45) is 0.435. The molecular weight excluding hydrogens is 156 g/mol. The highest BCUT2D eigenvalue weighted by atomic mass is 33.1. The minimum atomic E-state index is -0.177. The molecule has 0 saturated carbocycles. The average molecular weight is 166 g/mol. The van der Waals surface area contributed by atoms with Crippen LogP contribution in [0, 0.1) is 0 Å². The SMILES string of the molecule is COC(=O)CC(C)SS. The third-order valence-corrected chi connectivity index (χ3v) is 2.47. The molecule has 1 unspecified atom stereocenters. The molecule has 0 aromatic heterocycles. The molecule has 0 amide bonds. The first-order chi connectivity index (χ1) is 4.20. The molecule has 9 heavy (non-hydrogen) atoms. The van der Waals surface area contributed by atoms with Crippen LogP contribution in [0.3, 0.4) is 0 Å². The first-order valence-electron chi connectivity index (χ1n) is 2.57. The highest BCUT2D eigenvalue weighted by Gasteiger charge is 2.06. The number of hydrogen-bond acceptors (Lipinski definition) is 4. The fraction of sp³-hybridized carbons (Fsp3) is 0.800. The predicted octanol–water partition coefficient (Wildman–Crippen LogP) is 1.52. The summed E-state index contributed by atoms with van der Waals surface area (Å²) < 4.78 is 4.44. The van der Waals surface area contributed by atoms with E-state index in [1.54, 1.807) is 0 Å². The minimum absolute atomic E-state index is 0.177. The third kappa shape index (κ3) is 4.66. The maximum Gasteiger partial charge on any atom is 0.306 e. The van der Waals surface area contributed by atoms with Gasteiger partial charge < -0.3 is 4.74 Å². The standard InChI is InChI=1S/C5H10O2S2/c1-4(9-8)3-5(6)7-2/h4,8H,3H2,1-2H3. The second kappa shape index (κ2) is 4.99. The first-order valence-corrected chi connectivity index (χ1v) is 4.51. The van der Waals surface area contributed by atoms with Crippen LogP contribution < -0.4 is 0 Å². The lowest BCUT2D eigenvalue weighted by Crippen LogP contribution is -2.06. The maximum absolute atomic E-state index is 10.5. The Morgan fingerprint density at radius 3 is 2.78 bits per heavy atom. The summed E-state index contributed by atoms with van der Waals surface area (Å²) in [7, 11) is 2.75. The van der Waals surface area contributed by atoms with Gasteiger partial charge >= 0.3 is 5.97 Å². The molecule has 0 radical (unpaired) electrons. The minimum Gasteiger partial charge on any atom is -0.469 e. The van der Waals surface area contributed by atoms with E-state index in [0.717, 1.165) is 0 Å². The van der Waals surface area contributed by atoms with E-state index < -0.39 is 0 Å². The number of carbonyl (C=O) groups is 1. The number of ether oxygens (including phenoxy) is 1. The van der Waals surface area contributed by atoms with Crippen LogP contribution in [-0.4, -0.2) is 18.3 Å². The van der Waals surface area contributed by atoms with Crippen molar-refractivity contribution >= 4 is 28.4 Å². The second-order valence-corrected chi connectivity index (χ2v) is 3.34. The van der Waals surface area contributed by atoms with Gasteiger partial charge in [-0.3, -0.25) is 4.79 Å². The lowest BCUT2D eigenvalue weighted by atomic mass is 10.3. The van der Waals surface area contributed by atoms with Crippen molar-refractivity contribution in [3.63, 3.8) is 0 Å². The average Bonchev–Trinajstić information content (AvgIpc) is 1.87. The Hall–Kier alpha value is 0.170. The van der Waals surface area contributed by atoms with Crippen LogP contribution in [0.2, 0.25) is 0 Å². The highest BCUT2D eigenvalue weighted by molar-refractivity contribution is 8.68. The number of esters is 1. The molecule has 0 aliphatic rings. The fourth-order valence-electron chi connectivity index (χ4n) is 0.355. The molecule has 0 saturated heterocycles. The summed E-state index contributed by atoms with van der Waals surface area (Å²) in [4.78, 5) is 10.5. The van der Waals surface area contributed by atoms with Gasteiger partial charge in [0.1, 0.15) is 0 Å².